The topological polar surface area (TPSA) is 51.6 Å². The van der Waals surface area contributed by atoms with Crippen molar-refractivity contribution in [1.29, 1.82) is 0 Å². The number of rotatable bonds is 7. The molecule has 0 saturated heterocycles. The summed E-state index contributed by atoms with van der Waals surface area (Å²) in [6.07, 6.45) is 3.32. The second-order valence-corrected chi connectivity index (χ2v) is 6.00. The lowest BCUT2D eigenvalue weighted by Crippen LogP contribution is -1.98. The normalized spacial score (nSPS) is 10.6. The molecule has 134 valence electrons. The van der Waals surface area contributed by atoms with E-state index in [1.54, 1.807) is 14.2 Å². The van der Waals surface area contributed by atoms with Gasteiger partial charge in [-0.3, -0.25) is 4.98 Å². The molecule has 4 nitrogen and oxygen atoms in total. The van der Waals surface area contributed by atoms with E-state index in [2.05, 4.69) is 11.1 Å². The Morgan fingerprint density at radius 1 is 0.808 bits per heavy atom. The highest BCUT2D eigenvalue weighted by Gasteiger charge is 2.10. The Hall–Kier alpha value is -2.85. The zero-order valence-corrected chi connectivity index (χ0v) is 15.1. The van der Waals surface area contributed by atoms with Gasteiger partial charge in [0.2, 0.25) is 0 Å². The van der Waals surface area contributed by atoms with E-state index in [0.29, 0.717) is 6.42 Å². The molecule has 0 aliphatic carbocycles. The van der Waals surface area contributed by atoms with Crippen LogP contribution in [0.15, 0.2) is 60.8 Å². The number of benzene rings is 2. The van der Waals surface area contributed by atoms with E-state index < -0.39 is 0 Å². The third kappa shape index (κ3) is 4.03. The van der Waals surface area contributed by atoms with Crippen LogP contribution in [0.2, 0.25) is 0 Å². The van der Waals surface area contributed by atoms with Gasteiger partial charge in [0.15, 0.2) is 0 Å². The van der Waals surface area contributed by atoms with Crippen molar-refractivity contribution >= 4 is 0 Å². The molecule has 0 aliphatic heterocycles. The van der Waals surface area contributed by atoms with Crippen molar-refractivity contribution in [3.63, 3.8) is 0 Å². The lowest BCUT2D eigenvalue weighted by Gasteiger charge is -2.12. The quantitative estimate of drug-likeness (QED) is 0.689. The number of hydrogen-bond donors (Lipinski definition) is 1. The number of aromatic nitrogens is 1. The summed E-state index contributed by atoms with van der Waals surface area (Å²) in [7, 11) is 3.32. The average molecular weight is 349 g/mol. The van der Waals surface area contributed by atoms with Gasteiger partial charge < -0.3 is 14.6 Å². The number of aryl methyl sites for hydroxylation is 1. The largest absolute Gasteiger partial charge is 0.497 e. The number of aliphatic hydroxyl groups is 1. The van der Waals surface area contributed by atoms with Crippen molar-refractivity contribution in [1.82, 2.24) is 4.98 Å². The summed E-state index contributed by atoms with van der Waals surface area (Å²) in [5.74, 6) is 1.65. The van der Waals surface area contributed by atoms with Crippen molar-refractivity contribution in [2.75, 3.05) is 20.8 Å². The molecule has 0 saturated carbocycles. The van der Waals surface area contributed by atoms with Crippen LogP contribution >= 0.6 is 0 Å². The van der Waals surface area contributed by atoms with Crippen LogP contribution in [0.3, 0.4) is 0 Å². The fourth-order valence-corrected chi connectivity index (χ4v) is 2.90. The molecule has 0 spiro atoms. The molecule has 3 rings (SSSR count). The Morgan fingerprint density at radius 2 is 1.38 bits per heavy atom. The van der Waals surface area contributed by atoms with Crippen LogP contribution in [0, 0.1) is 0 Å². The molecular weight excluding hydrogens is 326 g/mol. The van der Waals surface area contributed by atoms with Gasteiger partial charge in [-0.15, -0.1) is 0 Å². The van der Waals surface area contributed by atoms with E-state index in [4.69, 9.17) is 9.47 Å². The van der Waals surface area contributed by atoms with Crippen LogP contribution in [-0.2, 0) is 6.42 Å². The molecule has 0 bridgehead atoms. The Kier molecular flexibility index (Phi) is 5.87. The summed E-state index contributed by atoms with van der Waals surface area (Å²) < 4.78 is 10.5. The number of hydrogen-bond acceptors (Lipinski definition) is 4. The van der Waals surface area contributed by atoms with E-state index in [9.17, 15) is 5.11 Å². The number of ether oxygens (including phenoxy) is 2. The molecule has 0 unspecified atom stereocenters. The highest BCUT2D eigenvalue weighted by Crippen LogP contribution is 2.30. The SMILES string of the molecule is COc1ccc(-c2cnc(CCCO)c(-c3ccc(OC)cc3)c2)cc1. The Labute approximate surface area is 154 Å². The molecule has 26 heavy (non-hydrogen) atoms. The van der Waals surface area contributed by atoms with Crippen LogP contribution < -0.4 is 9.47 Å². The fourth-order valence-electron chi connectivity index (χ4n) is 2.90. The minimum atomic E-state index is 0.157. The van der Waals surface area contributed by atoms with Gasteiger partial charge in [-0.25, -0.2) is 0 Å². The molecule has 1 aromatic heterocycles. The van der Waals surface area contributed by atoms with E-state index >= 15 is 0 Å². The van der Waals surface area contributed by atoms with E-state index in [1.165, 1.54) is 0 Å². The predicted octanol–water partition coefficient (Wildman–Crippen LogP) is 4.36. The third-order valence-electron chi connectivity index (χ3n) is 4.37. The maximum Gasteiger partial charge on any atom is 0.118 e. The van der Waals surface area contributed by atoms with E-state index in [-0.39, 0.29) is 6.61 Å². The molecule has 0 atom stereocenters. The van der Waals surface area contributed by atoms with Gasteiger partial charge in [-0.05, 0) is 54.3 Å². The minimum Gasteiger partial charge on any atom is -0.497 e. The maximum absolute atomic E-state index is 9.18. The van der Waals surface area contributed by atoms with Crippen molar-refractivity contribution in [3.8, 4) is 33.8 Å². The van der Waals surface area contributed by atoms with Crippen LogP contribution in [0.5, 0.6) is 11.5 Å². The molecular formula is C22H23NO3. The monoisotopic (exact) mass is 349 g/mol. The molecule has 0 fully saturated rings. The van der Waals surface area contributed by atoms with E-state index in [1.807, 2.05) is 54.7 Å². The zero-order chi connectivity index (χ0) is 18.4. The third-order valence-corrected chi connectivity index (χ3v) is 4.37. The number of methoxy groups -OCH3 is 2. The summed E-state index contributed by atoms with van der Waals surface area (Å²) in [6, 6.07) is 18.1. The van der Waals surface area contributed by atoms with Crippen LogP contribution in [0.25, 0.3) is 22.3 Å². The summed E-state index contributed by atoms with van der Waals surface area (Å²) in [6.45, 7) is 0.157. The lowest BCUT2D eigenvalue weighted by molar-refractivity contribution is 0.288. The standard InChI is InChI=1S/C22H23NO3/c1-25-19-9-5-16(6-10-19)18-14-21(22(23-15-18)4-3-13-24)17-7-11-20(26-2)12-8-17/h5-12,14-15,24H,3-4,13H2,1-2H3. The van der Waals surface area contributed by atoms with Gasteiger partial charge in [0.25, 0.3) is 0 Å². The Bertz CT molecular complexity index is 842. The molecule has 1 N–H and O–H groups in total. The molecule has 0 aliphatic rings. The lowest BCUT2D eigenvalue weighted by atomic mass is 9.97. The van der Waals surface area contributed by atoms with Gasteiger partial charge >= 0.3 is 0 Å². The van der Waals surface area contributed by atoms with Crippen LogP contribution in [0.1, 0.15) is 12.1 Å². The second kappa shape index (κ2) is 8.50. The van der Waals surface area contributed by atoms with Crippen molar-refractivity contribution in [2.45, 2.75) is 12.8 Å². The fraction of sp³-hybridized carbons (Fsp3) is 0.227. The first-order chi connectivity index (χ1) is 12.7. The van der Waals surface area contributed by atoms with Crippen molar-refractivity contribution in [3.05, 3.63) is 66.5 Å². The number of aliphatic hydroxyl groups excluding tert-OH is 1. The smallest absolute Gasteiger partial charge is 0.118 e. The zero-order valence-electron chi connectivity index (χ0n) is 15.1. The second-order valence-electron chi connectivity index (χ2n) is 6.00. The summed E-state index contributed by atoms with van der Waals surface area (Å²) in [5.41, 5.74) is 5.28. The Morgan fingerprint density at radius 3 is 1.92 bits per heavy atom. The molecule has 2 aromatic carbocycles. The summed E-state index contributed by atoms with van der Waals surface area (Å²) in [5, 5.41) is 9.18. The maximum atomic E-state index is 9.18. The number of pyridine rings is 1. The summed E-state index contributed by atoms with van der Waals surface area (Å²) >= 11 is 0. The first-order valence-corrected chi connectivity index (χ1v) is 8.64. The van der Waals surface area contributed by atoms with Gasteiger partial charge in [-0.1, -0.05) is 24.3 Å². The first kappa shape index (κ1) is 18.0. The summed E-state index contributed by atoms with van der Waals surface area (Å²) in [4.78, 5) is 4.68. The van der Waals surface area contributed by atoms with Gasteiger partial charge in [0, 0.05) is 29.6 Å². The van der Waals surface area contributed by atoms with Gasteiger partial charge in [0.1, 0.15) is 11.5 Å². The highest BCUT2D eigenvalue weighted by atomic mass is 16.5. The predicted molar refractivity (Wildman–Crippen MR) is 104 cm³/mol. The molecule has 1 heterocycles. The average Bonchev–Trinajstić information content (AvgIpc) is 2.72. The molecule has 3 aromatic rings. The molecule has 0 amide bonds. The molecule has 0 radical (unpaired) electrons. The van der Waals surface area contributed by atoms with Crippen LogP contribution in [-0.4, -0.2) is 30.9 Å². The molecule has 4 heteroatoms. The van der Waals surface area contributed by atoms with Crippen molar-refractivity contribution in [2.24, 2.45) is 0 Å². The van der Waals surface area contributed by atoms with Crippen LogP contribution in [0.4, 0.5) is 0 Å². The van der Waals surface area contributed by atoms with Crippen molar-refractivity contribution < 1.29 is 14.6 Å². The van der Waals surface area contributed by atoms with Gasteiger partial charge in [-0.2, -0.15) is 0 Å². The minimum absolute atomic E-state index is 0.157. The first-order valence-electron chi connectivity index (χ1n) is 8.64. The van der Waals surface area contributed by atoms with Gasteiger partial charge in [0.05, 0.1) is 14.2 Å². The van der Waals surface area contributed by atoms with E-state index in [0.717, 1.165) is 45.9 Å². The Balaban J connectivity index is 2.02. The number of nitrogens with zero attached hydrogens (tertiary/aromatic N) is 1. The highest BCUT2D eigenvalue weighted by molar-refractivity contribution is 5.74.